The second-order valence-electron chi connectivity index (χ2n) is 16.0. The van der Waals surface area contributed by atoms with Crippen molar-refractivity contribution in [2.24, 2.45) is 0 Å². The minimum Gasteiger partial charge on any atom is -0.311 e. The summed E-state index contributed by atoms with van der Waals surface area (Å²) in [5, 5.41) is 2.73. The molecule has 0 amide bonds. The van der Waals surface area contributed by atoms with Gasteiger partial charge in [0.05, 0.1) is 0 Å². The lowest BCUT2D eigenvalue weighted by atomic mass is 9.30. The molecule has 5 aromatic carbocycles. The van der Waals surface area contributed by atoms with Gasteiger partial charge in [-0.3, -0.25) is 0 Å². The molecule has 0 N–H and O–H groups in total. The highest BCUT2D eigenvalue weighted by Gasteiger charge is 2.46. The topological polar surface area (TPSA) is 3.24 Å². The van der Waals surface area contributed by atoms with E-state index in [1.165, 1.54) is 81.4 Å². The average Bonchev–Trinajstić information content (AvgIpc) is 3.34. The third-order valence-electron chi connectivity index (χ3n) is 10.5. The van der Waals surface area contributed by atoms with E-state index in [1.807, 2.05) is 11.3 Å². The van der Waals surface area contributed by atoms with Crippen LogP contribution in [0.2, 0.25) is 0 Å². The van der Waals surface area contributed by atoms with Crippen LogP contribution in [0, 0.1) is 6.92 Å². The summed E-state index contributed by atoms with van der Waals surface area (Å²) in [5.41, 5.74) is 15.2. The Kier molecular flexibility index (Phi) is 5.96. The third-order valence-corrected chi connectivity index (χ3v) is 11.6. The summed E-state index contributed by atoms with van der Waals surface area (Å²) in [6.45, 7) is 21.2. The molecule has 1 nitrogen and oxygen atoms in total. The van der Waals surface area contributed by atoms with E-state index in [2.05, 4.69) is 158 Å². The number of thiophene rings is 1. The van der Waals surface area contributed by atoms with Gasteiger partial charge in [-0.1, -0.05) is 122 Å². The van der Waals surface area contributed by atoms with Crippen LogP contribution in [0.25, 0.3) is 20.2 Å². The molecule has 0 aliphatic carbocycles. The zero-order valence-corrected chi connectivity index (χ0v) is 28.9. The van der Waals surface area contributed by atoms with Gasteiger partial charge in [-0.05, 0) is 92.2 Å². The molecule has 45 heavy (non-hydrogen) atoms. The number of benzene rings is 5. The number of anilines is 3. The van der Waals surface area contributed by atoms with E-state index in [0.29, 0.717) is 0 Å². The highest BCUT2D eigenvalue weighted by molar-refractivity contribution is 7.26. The molecule has 0 saturated heterocycles. The Bertz CT molecular complexity index is 2170. The molecule has 3 heteroatoms. The molecular formula is C42H42BNS. The molecule has 2 aliphatic rings. The fourth-order valence-electron chi connectivity index (χ4n) is 7.97. The molecule has 8 rings (SSSR count). The molecule has 3 heterocycles. The number of hydrogen-bond donors (Lipinski definition) is 0. The van der Waals surface area contributed by atoms with Crippen LogP contribution in [0.1, 0.15) is 83.2 Å². The first-order valence-electron chi connectivity index (χ1n) is 16.4. The lowest BCUT2D eigenvalue weighted by Gasteiger charge is -2.46. The first-order valence-corrected chi connectivity index (χ1v) is 17.2. The fraction of sp³-hybridized carbons (Fsp3) is 0.286. The van der Waals surface area contributed by atoms with Crippen molar-refractivity contribution in [2.75, 3.05) is 4.90 Å². The summed E-state index contributed by atoms with van der Waals surface area (Å²) in [6, 6.07) is 35.6. The summed E-state index contributed by atoms with van der Waals surface area (Å²) >= 11 is 1.91. The zero-order chi connectivity index (χ0) is 31.6. The Morgan fingerprint density at radius 2 is 1.31 bits per heavy atom. The molecule has 0 fully saturated rings. The maximum Gasteiger partial charge on any atom is 0.247 e. The zero-order valence-electron chi connectivity index (χ0n) is 28.1. The van der Waals surface area contributed by atoms with Crippen LogP contribution in [0.4, 0.5) is 17.1 Å². The van der Waals surface area contributed by atoms with Gasteiger partial charge in [-0.2, -0.15) is 0 Å². The quantitative estimate of drug-likeness (QED) is 0.169. The normalized spacial score (nSPS) is 15.3. The Labute approximate surface area is 273 Å². The predicted octanol–water partition coefficient (Wildman–Crippen LogP) is 9.90. The van der Waals surface area contributed by atoms with Crippen molar-refractivity contribution >= 4 is 71.7 Å². The van der Waals surface area contributed by atoms with Gasteiger partial charge >= 0.3 is 0 Å². The van der Waals surface area contributed by atoms with Gasteiger partial charge in [-0.25, -0.2) is 0 Å². The van der Waals surface area contributed by atoms with Crippen LogP contribution in [0.15, 0.2) is 91.0 Å². The van der Waals surface area contributed by atoms with Crippen molar-refractivity contribution in [1.82, 2.24) is 0 Å². The highest BCUT2D eigenvalue weighted by Crippen LogP contribution is 2.46. The van der Waals surface area contributed by atoms with E-state index in [4.69, 9.17) is 0 Å². The van der Waals surface area contributed by atoms with Crippen molar-refractivity contribution in [3.63, 3.8) is 0 Å². The van der Waals surface area contributed by atoms with Crippen molar-refractivity contribution in [3.05, 3.63) is 119 Å². The van der Waals surface area contributed by atoms with Crippen LogP contribution >= 0.6 is 11.3 Å². The fourth-order valence-corrected chi connectivity index (χ4v) is 9.09. The van der Waals surface area contributed by atoms with E-state index in [9.17, 15) is 0 Å². The second kappa shape index (κ2) is 9.36. The molecule has 0 bridgehead atoms. The lowest BCUT2D eigenvalue weighted by Crippen LogP contribution is -2.64. The number of fused-ring (bicyclic) bond motifs is 7. The van der Waals surface area contributed by atoms with Crippen molar-refractivity contribution < 1.29 is 0 Å². The van der Waals surface area contributed by atoms with Gasteiger partial charge in [0.25, 0.3) is 0 Å². The van der Waals surface area contributed by atoms with E-state index in [0.717, 1.165) is 0 Å². The average molecular weight is 604 g/mol. The van der Waals surface area contributed by atoms with E-state index < -0.39 is 0 Å². The standard InChI is InChI=1S/C42H42BNS/c1-25-20-32-39-36(21-25)44(28-17-14-26(15-18-28)40(2,3)4)35-24-38-30(29-12-10-11-13-37(29)45-38)23-34(35)43(39)33-22-27(41(5,6)7)16-19-31(33)42(32,8)9/h10-24H,1-9H3. The molecule has 0 spiro atoms. The molecule has 2 aliphatic heterocycles. The number of nitrogens with zero attached hydrogens (tertiary/aromatic N) is 1. The van der Waals surface area contributed by atoms with Crippen molar-refractivity contribution in [2.45, 2.75) is 78.6 Å². The minimum absolute atomic E-state index is 0.0708. The highest BCUT2D eigenvalue weighted by atomic mass is 32.1. The summed E-state index contributed by atoms with van der Waals surface area (Å²) < 4.78 is 2.70. The Hall–Kier alpha value is -3.82. The minimum atomic E-state index is -0.114. The van der Waals surface area contributed by atoms with Crippen LogP contribution in [0.3, 0.4) is 0 Å². The van der Waals surface area contributed by atoms with E-state index >= 15 is 0 Å². The molecule has 0 radical (unpaired) electrons. The largest absolute Gasteiger partial charge is 0.311 e. The van der Waals surface area contributed by atoms with Gasteiger partial charge in [0.1, 0.15) is 0 Å². The monoisotopic (exact) mass is 603 g/mol. The Morgan fingerprint density at radius 1 is 0.622 bits per heavy atom. The van der Waals surface area contributed by atoms with Gasteiger partial charge in [0.15, 0.2) is 0 Å². The molecule has 0 atom stereocenters. The summed E-state index contributed by atoms with van der Waals surface area (Å²) in [5.74, 6) is 0. The summed E-state index contributed by atoms with van der Waals surface area (Å²) in [7, 11) is 0. The predicted molar refractivity (Wildman–Crippen MR) is 199 cm³/mol. The smallest absolute Gasteiger partial charge is 0.247 e. The van der Waals surface area contributed by atoms with Crippen LogP contribution in [0.5, 0.6) is 0 Å². The molecule has 224 valence electrons. The van der Waals surface area contributed by atoms with Gasteiger partial charge < -0.3 is 4.90 Å². The first kappa shape index (κ1) is 28.6. The van der Waals surface area contributed by atoms with Gasteiger partial charge in [0, 0.05) is 37.3 Å². The van der Waals surface area contributed by atoms with Crippen molar-refractivity contribution in [1.29, 1.82) is 0 Å². The maximum absolute atomic E-state index is 2.57. The Balaban J connectivity index is 1.50. The molecule has 6 aromatic rings. The molecular weight excluding hydrogens is 561 g/mol. The number of rotatable bonds is 1. The van der Waals surface area contributed by atoms with Gasteiger partial charge in [-0.15, -0.1) is 11.3 Å². The third kappa shape index (κ3) is 4.19. The summed E-state index contributed by atoms with van der Waals surface area (Å²) in [4.78, 5) is 2.57. The number of aryl methyl sites for hydroxylation is 1. The molecule has 0 unspecified atom stereocenters. The lowest BCUT2D eigenvalue weighted by molar-refractivity contribution is 0.588. The van der Waals surface area contributed by atoms with E-state index in [1.54, 1.807) is 0 Å². The maximum atomic E-state index is 2.57. The summed E-state index contributed by atoms with van der Waals surface area (Å²) in [6.07, 6.45) is 0. The number of hydrogen-bond acceptors (Lipinski definition) is 2. The molecule has 0 saturated carbocycles. The van der Waals surface area contributed by atoms with Gasteiger partial charge in [0.2, 0.25) is 6.71 Å². The van der Waals surface area contributed by atoms with Crippen molar-refractivity contribution in [3.8, 4) is 0 Å². The molecule has 1 aromatic heterocycles. The van der Waals surface area contributed by atoms with E-state index in [-0.39, 0.29) is 23.0 Å². The Morgan fingerprint density at radius 3 is 2.02 bits per heavy atom. The van der Waals surface area contributed by atoms with Crippen LogP contribution in [-0.4, -0.2) is 6.71 Å². The van der Waals surface area contributed by atoms with Crippen LogP contribution < -0.4 is 21.3 Å². The SMILES string of the molecule is Cc1cc2c3c(c1)C(C)(C)c1ccc(C(C)(C)C)cc1B3c1cc3c(cc1N2c1ccc(C(C)(C)C)cc1)sc1ccccc13. The first-order chi connectivity index (χ1) is 21.2. The van der Waals surface area contributed by atoms with Crippen LogP contribution in [-0.2, 0) is 16.2 Å². The second-order valence-corrected chi connectivity index (χ2v) is 17.1.